The maximum Gasteiger partial charge on any atom is 0.119 e. The lowest BCUT2D eigenvalue weighted by Gasteiger charge is -2.18. The molecule has 0 atom stereocenters. The van der Waals surface area contributed by atoms with Crippen LogP contribution < -0.4 is 10.6 Å². The van der Waals surface area contributed by atoms with Crippen molar-refractivity contribution in [3.05, 3.63) is 95.6 Å². The molecule has 168 valence electrons. The van der Waals surface area contributed by atoms with Crippen LogP contribution in [-0.2, 0) is 4.84 Å². The largest absolute Gasteiger partial charge is 0.508 e. The average Bonchev–Trinajstić information content (AvgIpc) is 2.83. The first-order valence-electron chi connectivity index (χ1n) is 10.9. The fraction of sp³-hybridized carbons (Fsp3) is 0.259. The van der Waals surface area contributed by atoms with E-state index in [9.17, 15) is 5.11 Å². The van der Waals surface area contributed by atoms with Crippen LogP contribution in [0.4, 0.5) is 0 Å². The van der Waals surface area contributed by atoms with Gasteiger partial charge in [-0.3, -0.25) is 0 Å². The van der Waals surface area contributed by atoms with E-state index in [4.69, 9.17) is 10.6 Å². The first-order chi connectivity index (χ1) is 15.6. The maximum absolute atomic E-state index is 9.78. The molecule has 3 aromatic rings. The summed E-state index contributed by atoms with van der Waals surface area (Å²) in [5.74, 6) is 6.17. The second-order valence-corrected chi connectivity index (χ2v) is 7.67. The van der Waals surface area contributed by atoms with E-state index in [0.717, 1.165) is 42.0 Å². The summed E-state index contributed by atoms with van der Waals surface area (Å²) in [5.41, 5.74) is 5.80. The lowest BCUT2D eigenvalue weighted by atomic mass is 9.88. The Labute approximate surface area is 190 Å². The zero-order valence-electron chi connectivity index (χ0n) is 18.8. The summed E-state index contributed by atoms with van der Waals surface area (Å²) in [6.07, 6.45) is 0.886. The van der Waals surface area contributed by atoms with Gasteiger partial charge in [0.1, 0.15) is 18.1 Å². The highest BCUT2D eigenvalue weighted by Gasteiger charge is 2.13. The number of likely N-dealkylation sites (N-methyl/N-ethyl adjacent to an activating group) is 1. The summed E-state index contributed by atoms with van der Waals surface area (Å²) in [6.45, 7) is 4.81. The zero-order chi connectivity index (χ0) is 22.8. The Bertz CT molecular complexity index is 984. The third kappa shape index (κ3) is 6.44. The molecular weight excluding hydrogens is 400 g/mol. The van der Waals surface area contributed by atoms with Gasteiger partial charge in [-0.2, -0.15) is 0 Å². The summed E-state index contributed by atoms with van der Waals surface area (Å²) in [5, 5.41) is 9.78. The van der Waals surface area contributed by atoms with E-state index in [1.165, 1.54) is 11.1 Å². The normalized spacial score (nSPS) is 12.0. The molecule has 3 aromatic carbocycles. The SMILES string of the molecule is CC/C(=C(\c1ccc(O)cc1)c1ccc(OCCN(C)CCON)cc1)c1ccccc1. The highest BCUT2D eigenvalue weighted by atomic mass is 16.6. The second-order valence-electron chi connectivity index (χ2n) is 7.67. The molecule has 0 bridgehead atoms. The van der Waals surface area contributed by atoms with Gasteiger partial charge in [0.05, 0.1) is 6.61 Å². The number of allylic oxidation sites excluding steroid dienone is 1. The molecule has 5 heteroatoms. The van der Waals surface area contributed by atoms with Gasteiger partial charge in [-0.25, -0.2) is 5.90 Å². The number of nitrogens with two attached hydrogens (primary N) is 1. The van der Waals surface area contributed by atoms with Crippen molar-refractivity contribution >= 4 is 11.1 Å². The number of rotatable bonds is 11. The van der Waals surface area contributed by atoms with Crippen molar-refractivity contribution in [1.29, 1.82) is 0 Å². The summed E-state index contributed by atoms with van der Waals surface area (Å²) in [7, 11) is 2.01. The van der Waals surface area contributed by atoms with E-state index in [1.807, 2.05) is 37.4 Å². The Morgan fingerprint density at radius 3 is 2.00 bits per heavy atom. The summed E-state index contributed by atoms with van der Waals surface area (Å²) < 4.78 is 5.92. The molecule has 0 saturated carbocycles. The Balaban J connectivity index is 1.86. The predicted octanol–water partition coefficient (Wildman–Crippen LogP) is 4.96. The smallest absolute Gasteiger partial charge is 0.119 e. The molecule has 32 heavy (non-hydrogen) atoms. The van der Waals surface area contributed by atoms with Gasteiger partial charge in [-0.1, -0.05) is 61.5 Å². The van der Waals surface area contributed by atoms with Gasteiger partial charge in [-0.15, -0.1) is 0 Å². The quantitative estimate of drug-likeness (QED) is 0.331. The van der Waals surface area contributed by atoms with Crippen LogP contribution >= 0.6 is 0 Å². The van der Waals surface area contributed by atoms with Crippen molar-refractivity contribution in [3.8, 4) is 11.5 Å². The van der Waals surface area contributed by atoms with Crippen molar-refractivity contribution in [2.45, 2.75) is 13.3 Å². The highest BCUT2D eigenvalue weighted by molar-refractivity contribution is 5.98. The molecule has 0 aliphatic rings. The summed E-state index contributed by atoms with van der Waals surface area (Å²) >= 11 is 0. The van der Waals surface area contributed by atoms with Gasteiger partial charge in [-0.05, 0) is 65.6 Å². The van der Waals surface area contributed by atoms with E-state index in [-0.39, 0.29) is 5.75 Å². The van der Waals surface area contributed by atoms with E-state index in [0.29, 0.717) is 13.2 Å². The minimum absolute atomic E-state index is 0.262. The molecular formula is C27H32N2O3. The first-order valence-corrected chi connectivity index (χ1v) is 10.9. The number of aromatic hydroxyl groups is 1. The minimum Gasteiger partial charge on any atom is -0.508 e. The molecule has 0 aliphatic carbocycles. The van der Waals surface area contributed by atoms with Crippen LogP contribution in [0, 0.1) is 0 Å². The van der Waals surface area contributed by atoms with Crippen molar-refractivity contribution in [3.63, 3.8) is 0 Å². The van der Waals surface area contributed by atoms with Crippen LogP contribution in [0.2, 0.25) is 0 Å². The number of hydrogen-bond acceptors (Lipinski definition) is 5. The van der Waals surface area contributed by atoms with Gasteiger partial charge in [0.25, 0.3) is 0 Å². The summed E-state index contributed by atoms with van der Waals surface area (Å²) in [6, 6.07) is 26.1. The fourth-order valence-electron chi connectivity index (χ4n) is 3.67. The van der Waals surface area contributed by atoms with E-state index in [1.54, 1.807) is 12.1 Å². The Kier molecular flexibility index (Phi) is 8.87. The number of ether oxygens (including phenoxy) is 1. The molecule has 0 saturated heterocycles. The number of hydrogen-bond donors (Lipinski definition) is 2. The van der Waals surface area contributed by atoms with Crippen LogP contribution in [0.25, 0.3) is 11.1 Å². The Hall–Kier alpha value is -3.12. The monoisotopic (exact) mass is 432 g/mol. The second kappa shape index (κ2) is 12.1. The number of phenolic OH excluding ortho intramolecular Hbond substituents is 1. The van der Waals surface area contributed by atoms with Gasteiger partial charge < -0.3 is 19.6 Å². The molecule has 0 spiro atoms. The van der Waals surface area contributed by atoms with E-state index < -0.39 is 0 Å². The van der Waals surface area contributed by atoms with Crippen LogP contribution in [0.5, 0.6) is 11.5 Å². The van der Waals surface area contributed by atoms with Crippen molar-refractivity contribution < 1.29 is 14.7 Å². The Morgan fingerprint density at radius 1 is 0.812 bits per heavy atom. The van der Waals surface area contributed by atoms with Crippen molar-refractivity contribution in [1.82, 2.24) is 4.90 Å². The molecule has 0 heterocycles. The number of benzene rings is 3. The molecule has 3 rings (SSSR count). The molecule has 3 N–H and O–H groups in total. The van der Waals surface area contributed by atoms with Gasteiger partial charge in [0, 0.05) is 13.1 Å². The van der Waals surface area contributed by atoms with Crippen LogP contribution in [0.15, 0.2) is 78.9 Å². The van der Waals surface area contributed by atoms with Crippen LogP contribution in [0.3, 0.4) is 0 Å². The standard InChI is InChI=1S/C27H32N2O3/c1-3-26(21-7-5-4-6-8-21)27(22-9-13-24(30)14-10-22)23-11-15-25(16-12-23)31-19-17-29(2)18-20-32-28/h4-16,30H,3,17-20,28H2,1-2H3/b27-26-. The third-order valence-electron chi connectivity index (χ3n) is 5.41. The predicted molar refractivity (Wildman–Crippen MR) is 130 cm³/mol. The van der Waals surface area contributed by atoms with E-state index >= 15 is 0 Å². The molecule has 0 radical (unpaired) electrons. The molecule has 0 aliphatic heterocycles. The maximum atomic E-state index is 9.78. The lowest BCUT2D eigenvalue weighted by molar-refractivity contribution is 0.108. The van der Waals surface area contributed by atoms with Crippen molar-refractivity contribution in [2.75, 3.05) is 33.4 Å². The van der Waals surface area contributed by atoms with Gasteiger partial charge in [0.2, 0.25) is 0 Å². The molecule has 0 aromatic heterocycles. The molecule has 0 amide bonds. The van der Waals surface area contributed by atoms with Crippen LogP contribution in [-0.4, -0.2) is 43.4 Å². The van der Waals surface area contributed by atoms with Crippen molar-refractivity contribution in [2.24, 2.45) is 5.90 Å². The number of phenols is 1. The molecule has 0 fully saturated rings. The number of nitrogens with zero attached hydrogens (tertiary/aromatic N) is 1. The van der Waals surface area contributed by atoms with Gasteiger partial charge >= 0.3 is 0 Å². The topological polar surface area (TPSA) is 68.0 Å². The lowest BCUT2D eigenvalue weighted by Crippen LogP contribution is -2.28. The minimum atomic E-state index is 0.262. The first kappa shape index (κ1) is 23.5. The zero-order valence-corrected chi connectivity index (χ0v) is 18.8. The molecule has 5 nitrogen and oxygen atoms in total. The fourth-order valence-corrected chi connectivity index (χ4v) is 3.67. The van der Waals surface area contributed by atoms with E-state index in [2.05, 4.69) is 53.1 Å². The van der Waals surface area contributed by atoms with Gasteiger partial charge in [0.15, 0.2) is 0 Å². The molecule has 0 unspecified atom stereocenters. The van der Waals surface area contributed by atoms with Crippen LogP contribution in [0.1, 0.15) is 30.0 Å². The Morgan fingerprint density at radius 2 is 1.41 bits per heavy atom. The highest BCUT2D eigenvalue weighted by Crippen LogP contribution is 2.35. The third-order valence-corrected chi connectivity index (χ3v) is 5.41. The summed E-state index contributed by atoms with van der Waals surface area (Å²) in [4.78, 5) is 6.73. The average molecular weight is 433 g/mol.